The van der Waals surface area contributed by atoms with Gasteiger partial charge in [-0.1, -0.05) is 54.6 Å². The molecule has 2 amide bonds. The lowest BCUT2D eigenvalue weighted by Crippen LogP contribution is -2.34. The van der Waals surface area contributed by atoms with Crippen LogP contribution in [-0.2, 0) is 22.4 Å². The standard InChI is InChI=1S/C25H27N3O2S/c1-18-27-23(17-31-18)21-9-7-20(8-10-21)11-13-26-25(30)22-15-24(29)28(16-22)14-12-19-5-3-2-4-6-19/h2-10,17,22H,11-16H2,1H3,(H,26,30). The highest BCUT2D eigenvalue weighted by molar-refractivity contribution is 7.09. The monoisotopic (exact) mass is 433 g/mol. The number of hydrogen-bond acceptors (Lipinski definition) is 4. The van der Waals surface area contributed by atoms with Gasteiger partial charge in [0.15, 0.2) is 0 Å². The Labute approximate surface area is 187 Å². The molecule has 5 nitrogen and oxygen atoms in total. The van der Waals surface area contributed by atoms with Crippen LogP contribution in [0.4, 0.5) is 0 Å². The molecule has 0 aliphatic carbocycles. The maximum atomic E-state index is 12.5. The lowest BCUT2D eigenvalue weighted by molar-refractivity contribution is -0.129. The fraction of sp³-hybridized carbons (Fsp3) is 0.320. The second-order valence-electron chi connectivity index (χ2n) is 7.97. The number of carbonyl (C=O) groups is 2. The highest BCUT2D eigenvalue weighted by atomic mass is 32.1. The number of thiazole rings is 1. The van der Waals surface area contributed by atoms with Gasteiger partial charge in [-0.25, -0.2) is 4.98 Å². The van der Waals surface area contributed by atoms with Gasteiger partial charge < -0.3 is 10.2 Å². The second-order valence-corrected chi connectivity index (χ2v) is 9.03. The molecule has 2 aromatic carbocycles. The van der Waals surface area contributed by atoms with E-state index in [9.17, 15) is 9.59 Å². The first-order valence-corrected chi connectivity index (χ1v) is 11.6. The predicted octanol–water partition coefficient (Wildman–Crippen LogP) is 3.87. The maximum absolute atomic E-state index is 12.5. The van der Waals surface area contributed by atoms with E-state index in [2.05, 4.69) is 52.1 Å². The number of nitrogens with one attached hydrogen (secondary N) is 1. The van der Waals surface area contributed by atoms with E-state index in [0.717, 1.165) is 29.1 Å². The minimum atomic E-state index is -0.251. The largest absolute Gasteiger partial charge is 0.355 e. The van der Waals surface area contributed by atoms with Crippen LogP contribution in [0.25, 0.3) is 11.3 Å². The van der Waals surface area contributed by atoms with Crippen LogP contribution in [0.3, 0.4) is 0 Å². The number of rotatable bonds is 8. The van der Waals surface area contributed by atoms with Crippen LogP contribution in [-0.4, -0.2) is 41.3 Å². The Hall–Kier alpha value is -2.99. The van der Waals surface area contributed by atoms with E-state index >= 15 is 0 Å². The van der Waals surface area contributed by atoms with E-state index in [1.54, 1.807) is 11.3 Å². The van der Waals surface area contributed by atoms with Gasteiger partial charge in [-0.2, -0.15) is 0 Å². The molecule has 0 radical (unpaired) electrons. The van der Waals surface area contributed by atoms with Crippen molar-refractivity contribution in [1.82, 2.24) is 15.2 Å². The van der Waals surface area contributed by atoms with E-state index in [-0.39, 0.29) is 17.7 Å². The van der Waals surface area contributed by atoms with Gasteiger partial charge in [-0.15, -0.1) is 11.3 Å². The summed E-state index contributed by atoms with van der Waals surface area (Å²) in [6.07, 6.45) is 1.89. The van der Waals surface area contributed by atoms with E-state index in [0.29, 0.717) is 26.1 Å². The lowest BCUT2D eigenvalue weighted by Gasteiger charge is -2.16. The van der Waals surface area contributed by atoms with Crippen LogP contribution < -0.4 is 5.32 Å². The molecule has 0 bridgehead atoms. The van der Waals surface area contributed by atoms with Crippen LogP contribution in [0.5, 0.6) is 0 Å². The molecule has 1 fully saturated rings. The van der Waals surface area contributed by atoms with Gasteiger partial charge in [-0.3, -0.25) is 9.59 Å². The van der Waals surface area contributed by atoms with Crippen molar-refractivity contribution < 1.29 is 9.59 Å². The zero-order valence-electron chi connectivity index (χ0n) is 17.7. The SMILES string of the molecule is Cc1nc(-c2ccc(CCNC(=O)C3CC(=O)N(CCc4ccccc4)C3)cc2)cs1. The molecule has 1 saturated heterocycles. The molecule has 4 rings (SSSR count). The van der Waals surface area contributed by atoms with E-state index in [1.807, 2.05) is 30.0 Å². The second kappa shape index (κ2) is 9.88. The summed E-state index contributed by atoms with van der Waals surface area (Å²) in [5.74, 6) is -0.201. The first kappa shape index (κ1) is 21.2. The van der Waals surface area contributed by atoms with Crippen LogP contribution in [0.15, 0.2) is 60.0 Å². The molecule has 0 spiro atoms. The summed E-state index contributed by atoms with van der Waals surface area (Å²) in [4.78, 5) is 31.2. The third-order valence-electron chi connectivity index (χ3n) is 5.68. The van der Waals surface area contributed by atoms with Gasteiger partial charge in [0.2, 0.25) is 11.8 Å². The summed E-state index contributed by atoms with van der Waals surface area (Å²) in [6.45, 7) is 3.76. The molecule has 1 aliphatic heterocycles. The summed E-state index contributed by atoms with van der Waals surface area (Å²) >= 11 is 1.65. The van der Waals surface area contributed by atoms with Crippen LogP contribution >= 0.6 is 11.3 Å². The first-order chi connectivity index (χ1) is 15.1. The predicted molar refractivity (Wildman–Crippen MR) is 124 cm³/mol. The number of aryl methyl sites for hydroxylation is 1. The molecule has 31 heavy (non-hydrogen) atoms. The molecule has 1 unspecified atom stereocenters. The smallest absolute Gasteiger partial charge is 0.225 e. The van der Waals surface area contributed by atoms with Gasteiger partial charge in [0.1, 0.15) is 0 Å². The molecule has 2 heterocycles. The van der Waals surface area contributed by atoms with E-state index in [1.165, 1.54) is 11.1 Å². The fourth-order valence-corrected chi connectivity index (χ4v) is 4.51. The minimum Gasteiger partial charge on any atom is -0.355 e. The Balaban J connectivity index is 1.21. The van der Waals surface area contributed by atoms with Crippen molar-refractivity contribution >= 4 is 23.2 Å². The van der Waals surface area contributed by atoms with Crippen LogP contribution in [0, 0.1) is 12.8 Å². The normalized spacial score (nSPS) is 16.0. The number of benzene rings is 2. The van der Waals surface area contributed by atoms with Crippen molar-refractivity contribution in [3.05, 3.63) is 76.1 Å². The van der Waals surface area contributed by atoms with Gasteiger partial charge in [0, 0.05) is 37.0 Å². The summed E-state index contributed by atoms with van der Waals surface area (Å²) < 4.78 is 0. The summed E-state index contributed by atoms with van der Waals surface area (Å²) in [5, 5.41) is 6.14. The van der Waals surface area contributed by atoms with Gasteiger partial charge >= 0.3 is 0 Å². The Morgan fingerprint density at radius 1 is 1.10 bits per heavy atom. The van der Waals surface area contributed by atoms with Crippen molar-refractivity contribution in [3.63, 3.8) is 0 Å². The Bertz CT molecular complexity index is 1030. The molecule has 1 aliphatic rings. The Morgan fingerprint density at radius 2 is 1.84 bits per heavy atom. The molecule has 3 aromatic rings. The van der Waals surface area contributed by atoms with Crippen molar-refractivity contribution in [2.24, 2.45) is 5.92 Å². The molecule has 1 aromatic heterocycles. The molecule has 1 atom stereocenters. The lowest BCUT2D eigenvalue weighted by atomic mass is 10.1. The average molecular weight is 434 g/mol. The van der Waals surface area contributed by atoms with Crippen molar-refractivity contribution in [3.8, 4) is 11.3 Å². The number of aromatic nitrogens is 1. The summed E-state index contributed by atoms with van der Waals surface area (Å²) in [7, 11) is 0. The molecule has 160 valence electrons. The quantitative estimate of drug-likeness (QED) is 0.587. The molecule has 1 N–H and O–H groups in total. The minimum absolute atomic E-state index is 0.0230. The van der Waals surface area contributed by atoms with Gasteiger partial charge in [-0.05, 0) is 30.9 Å². The van der Waals surface area contributed by atoms with Gasteiger partial charge in [0.05, 0.1) is 16.6 Å². The average Bonchev–Trinajstić information content (AvgIpc) is 3.39. The van der Waals surface area contributed by atoms with Crippen LogP contribution in [0.2, 0.25) is 0 Å². The number of amides is 2. The number of likely N-dealkylation sites (tertiary alicyclic amines) is 1. The molecule has 6 heteroatoms. The summed E-state index contributed by atoms with van der Waals surface area (Å²) in [5.41, 5.74) is 4.49. The van der Waals surface area contributed by atoms with Crippen molar-refractivity contribution in [2.75, 3.05) is 19.6 Å². The highest BCUT2D eigenvalue weighted by Crippen LogP contribution is 2.22. The fourth-order valence-electron chi connectivity index (χ4n) is 3.89. The highest BCUT2D eigenvalue weighted by Gasteiger charge is 2.33. The zero-order chi connectivity index (χ0) is 21.6. The van der Waals surface area contributed by atoms with E-state index < -0.39 is 0 Å². The third-order valence-corrected chi connectivity index (χ3v) is 6.45. The van der Waals surface area contributed by atoms with E-state index in [4.69, 9.17) is 0 Å². The Kier molecular flexibility index (Phi) is 6.77. The van der Waals surface area contributed by atoms with Crippen LogP contribution in [0.1, 0.15) is 22.6 Å². The third kappa shape index (κ3) is 5.58. The van der Waals surface area contributed by atoms with Gasteiger partial charge in [0.25, 0.3) is 0 Å². The number of nitrogens with zero attached hydrogens (tertiary/aromatic N) is 2. The van der Waals surface area contributed by atoms with Crippen molar-refractivity contribution in [1.29, 1.82) is 0 Å². The Morgan fingerprint density at radius 3 is 2.55 bits per heavy atom. The van der Waals surface area contributed by atoms with Crippen molar-refractivity contribution in [2.45, 2.75) is 26.2 Å². The number of hydrogen-bond donors (Lipinski definition) is 1. The topological polar surface area (TPSA) is 62.3 Å². The molecular weight excluding hydrogens is 406 g/mol. The molecular formula is C25H27N3O2S. The summed E-state index contributed by atoms with van der Waals surface area (Å²) in [6, 6.07) is 18.4. The zero-order valence-corrected chi connectivity index (χ0v) is 18.5. The first-order valence-electron chi connectivity index (χ1n) is 10.7. The maximum Gasteiger partial charge on any atom is 0.225 e. The number of carbonyl (C=O) groups excluding carboxylic acids is 2. The molecule has 0 saturated carbocycles.